The molecule has 9 rings (SSSR count). The number of para-hydroxylation sites is 2. The lowest BCUT2D eigenvalue weighted by atomic mass is 9.67. The van der Waals surface area contributed by atoms with Crippen molar-refractivity contribution >= 4 is 38.6 Å². The van der Waals surface area contributed by atoms with Gasteiger partial charge in [0.1, 0.15) is 0 Å². The molecule has 8 aromatic rings. The zero-order chi connectivity index (χ0) is 30.5. The Balaban J connectivity index is 1.21. The summed E-state index contributed by atoms with van der Waals surface area (Å²) in [5.74, 6) is 0. The average molecular weight is 586 g/mol. The Morgan fingerprint density at radius 3 is 1.37 bits per heavy atom. The molecular weight excluding hydrogens is 555 g/mol. The Morgan fingerprint density at radius 1 is 0.326 bits per heavy atom. The summed E-state index contributed by atoms with van der Waals surface area (Å²) in [6.07, 6.45) is 0. The van der Waals surface area contributed by atoms with Crippen LogP contribution in [-0.2, 0) is 5.41 Å². The van der Waals surface area contributed by atoms with Gasteiger partial charge in [0.2, 0.25) is 0 Å². The van der Waals surface area contributed by atoms with Gasteiger partial charge < -0.3 is 4.90 Å². The summed E-state index contributed by atoms with van der Waals surface area (Å²) in [7, 11) is 0. The van der Waals surface area contributed by atoms with Crippen LogP contribution in [0.25, 0.3) is 32.7 Å². The van der Waals surface area contributed by atoms with Gasteiger partial charge in [0, 0.05) is 17.1 Å². The van der Waals surface area contributed by atoms with Gasteiger partial charge in [-0.1, -0.05) is 146 Å². The molecule has 0 aromatic heterocycles. The smallest absolute Gasteiger partial charge is 0.0714 e. The topological polar surface area (TPSA) is 3.24 Å². The molecule has 0 aliphatic heterocycles. The average Bonchev–Trinajstić information content (AvgIpc) is 3.45. The van der Waals surface area contributed by atoms with Crippen LogP contribution in [0, 0.1) is 0 Å². The molecule has 0 heterocycles. The second-order valence-corrected chi connectivity index (χ2v) is 12.1. The minimum absolute atomic E-state index is 0.419. The van der Waals surface area contributed by atoms with E-state index in [2.05, 4.69) is 193 Å². The van der Waals surface area contributed by atoms with Gasteiger partial charge in [0.15, 0.2) is 0 Å². The maximum absolute atomic E-state index is 2.41. The van der Waals surface area contributed by atoms with E-state index < -0.39 is 5.41 Å². The first-order valence-corrected chi connectivity index (χ1v) is 15.9. The summed E-state index contributed by atoms with van der Waals surface area (Å²) in [5, 5.41) is 5.33. The van der Waals surface area contributed by atoms with E-state index in [1.54, 1.807) is 0 Å². The number of hydrogen-bond acceptors (Lipinski definition) is 1. The quantitative estimate of drug-likeness (QED) is 0.175. The molecule has 1 nitrogen and oxygen atoms in total. The van der Waals surface area contributed by atoms with Crippen LogP contribution in [0.5, 0.6) is 0 Å². The first kappa shape index (κ1) is 26.5. The Bertz CT molecular complexity index is 2240. The van der Waals surface area contributed by atoms with E-state index in [1.807, 2.05) is 0 Å². The van der Waals surface area contributed by atoms with Crippen LogP contribution in [0.4, 0.5) is 17.1 Å². The van der Waals surface area contributed by atoms with Gasteiger partial charge in [-0.25, -0.2) is 0 Å². The zero-order valence-corrected chi connectivity index (χ0v) is 25.3. The van der Waals surface area contributed by atoms with E-state index in [-0.39, 0.29) is 0 Å². The van der Waals surface area contributed by atoms with Crippen LogP contribution < -0.4 is 4.90 Å². The number of hydrogen-bond donors (Lipinski definition) is 0. The van der Waals surface area contributed by atoms with Crippen LogP contribution in [0.3, 0.4) is 0 Å². The van der Waals surface area contributed by atoms with Gasteiger partial charge in [-0.2, -0.15) is 0 Å². The van der Waals surface area contributed by atoms with Crippen molar-refractivity contribution in [3.63, 3.8) is 0 Å². The van der Waals surface area contributed by atoms with Crippen molar-refractivity contribution in [1.82, 2.24) is 0 Å². The molecular formula is C45H31N. The van der Waals surface area contributed by atoms with E-state index in [1.165, 1.54) is 54.9 Å². The Hall–Kier alpha value is -5.92. The van der Waals surface area contributed by atoms with E-state index in [0.29, 0.717) is 0 Å². The first-order chi connectivity index (χ1) is 22.8. The molecule has 8 aromatic carbocycles. The molecule has 1 aliphatic rings. The van der Waals surface area contributed by atoms with Gasteiger partial charge in [-0.3, -0.25) is 0 Å². The van der Waals surface area contributed by atoms with Gasteiger partial charge in [-0.15, -0.1) is 0 Å². The fourth-order valence-corrected chi connectivity index (χ4v) is 7.74. The molecule has 46 heavy (non-hydrogen) atoms. The Kier molecular flexibility index (Phi) is 6.11. The van der Waals surface area contributed by atoms with E-state index in [9.17, 15) is 0 Å². The molecule has 0 bridgehead atoms. The molecule has 0 saturated carbocycles. The lowest BCUT2D eigenvalue weighted by Gasteiger charge is -2.34. The van der Waals surface area contributed by atoms with Crippen LogP contribution in [0.15, 0.2) is 188 Å². The van der Waals surface area contributed by atoms with E-state index >= 15 is 0 Å². The molecule has 0 unspecified atom stereocenters. The van der Waals surface area contributed by atoms with Crippen molar-refractivity contribution in [2.75, 3.05) is 4.90 Å². The standard InChI is InChI=1S/C45H31N/c1-4-16-36(17-5-1)45(41-23-11-13-33-25-26-34-14-12-24-42(45)44(34)43(33)41)37-18-10-15-35(31-37)32-27-29-40(30-28-32)46(38-19-6-2-7-20-38)39-21-8-3-9-22-39/h1-31H. The molecule has 0 saturated heterocycles. The van der Waals surface area contributed by atoms with Crippen molar-refractivity contribution in [3.8, 4) is 11.1 Å². The van der Waals surface area contributed by atoms with Crippen LogP contribution in [0.1, 0.15) is 22.3 Å². The highest BCUT2D eigenvalue weighted by Crippen LogP contribution is 2.56. The lowest BCUT2D eigenvalue weighted by molar-refractivity contribution is 0.772. The van der Waals surface area contributed by atoms with Gasteiger partial charge in [0.05, 0.1) is 5.41 Å². The third kappa shape index (κ3) is 3.95. The molecule has 0 atom stereocenters. The fourth-order valence-electron chi connectivity index (χ4n) is 7.74. The summed E-state index contributed by atoms with van der Waals surface area (Å²) in [6.45, 7) is 0. The van der Waals surface area contributed by atoms with Crippen molar-refractivity contribution in [1.29, 1.82) is 0 Å². The minimum Gasteiger partial charge on any atom is -0.311 e. The third-order valence-corrected chi connectivity index (χ3v) is 9.68. The summed E-state index contributed by atoms with van der Waals surface area (Å²) in [6, 6.07) is 68.6. The molecule has 0 spiro atoms. The maximum Gasteiger partial charge on any atom is 0.0714 e. The molecule has 0 N–H and O–H groups in total. The van der Waals surface area contributed by atoms with Crippen LogP contribution in [0.2, 0.25) is 0 Å². The molecule has 1 heteroatoms. The third-order valence-electron chi connectivity index (χ3n) is 9.68. The van der Waals surface area contributed by atoms with Crippen molar-refractivity contribution in [2.24, 2.45) is 0 Å². The monoisotopic (exact) mass is 585 g/mol. The largest absolute Gasteiger partial charge is 0.311 e. The first-order valence-electron chi connectivity index (χ1n) is 15.9. The number of rotatable bonds is 6. The van der Waals surface area contributed by atoms with Gasteiger partial charge in [0.25, 0.3) is 0 Å². The number of benzene rings is 8. The summed E-state index contributed by atoms with van der Waals surface area (Å²) in [5.41, 5.74) is 10.7. The van der Waals surface area contributed by atoms with Crippen LogP contribution in [-0.4, -0.2) is 0 Å². The predicted octanol–water partition coefficient (Wildman–Crippen LogP) is 11.8. The molecule has 0 radical (unpaired) electrons. The van der Waals surface area contributed by atoms with Gasteiger partial charge in [-0.05, 0) is 97.4 Å². The van der Waals surface area contributed by atoms with Crippen molar-refractivity contribution in [3.05, 3.63) is 210 Å². The SMILES string of the molecule is c1ccc(N(c2ccccc2)c2ccc(-c3cccc(C4(c5ccccc5)c5cccc6ccc7cccc4c7c56)c3)cc2)cc1. The van der Waals surface area contributed by atoms with E-state index in [0.717, 1.165) is 17.1 Å². The number of anilines is 3. The minimum atomic E-state index is -0.419. The Morgan fingerprint density at radius 2 is 0.804 bits per heavy atom. The highest BCUT2D eigenvalue weighted by atomic mass is 15.1. The fraction of sp³-hybridized carbons (Fsp3) is 0.0222. The Labute approximate surface area is 269 Å². The zero-order valence-electron chi connectivity index (χ0n) is 25.3. The summed E-state index contributed by atoms with van der Waals surface area (Å²) < 4.78 is 0. The van der Waals surface area contributed by atoms with Crippen LogP contribution >= 0.6 is 0 Å². The normalized spacial score (nSPS) is 13.0. The maximum atomic E-state index is 2.41. The highest BCUT2D eigenvalue weighted by molar-refractivity contribution is 6.16. The molecule has 216 valence electrons. The summed E-state index contributed by atoms with van der Waals surface area (Å²) >= 11 is 0. The second-order valence-electron chi connectivity index (χ2n) is 12.1. The highest BCUT2D eigenvalue weighted by Gasteiger charge is 2.44. The van der Waals surface area contributed by atoms with Crippen molar-refractivity contribution < 1.29 is 0 Å². The molecule has 0 fully saturated rings. The summed E-state index contributed by atoms with van der Waals surface area (Å²) in [4.78, 5) is 2.31. The molecule has 1 aliphatic carbocycles. The van der Waals surface area contributed by atoms with Crippen molar-refractivity contribution in [2.45, 2.75) is 5.41 Å². The predicted molar refractivity (Wildman–Crippen MR) is 193 cm³/mol. The second kappa shape index (κ2) is 10.6. The van der Waals surface area contributed by atoms with Gasteiger partial charge >= 0.3 is 0 Å². The molecule has 0 amide bonds. The number of nitrogens with zero attached hydrogens (tertiary/aromatic N) is 1. The lowest BCUT2D eigenvalue weighted by Crippen LogP contribution is -2.28. The van der Waals surface area contributed by atoms with E-state index in [4.69, 9.17) is 0 Å².